The fraction of sp³-hybridized carbons (Fsp3) is 0.368. The van der Waals surface area contributed by atoms with Crippen LogP contribution in [0.4, 0.5) is 5.69 Å². The van der Waals surface area contributed by atoms with Crippen LogP contribution in [0.1, 0.15) is 40.6 Å². The van der Waals surface area contributed by atoms with E-state index in [2.05, 4.69) is 9.88 Å². The SMILES string of the molecule is CSc1ccc(NC(=O)COC(=O)c2cc(C)n(C3CC3)c2C)cc1. The van der Waals surface area contributed by atoms with Gasteiger partial charge in [0.2, 0.25) is 0 Å². The number of aryl methyl sites for hydroxylation is 1. The van der Waals surface area contributed by atoms with Gasteiger partial charge in [0, 0.05) is 28.0 Å². The van der Waals surface area contributed by atoms with E-state index in [0.717, 1.165) is 29.1 Å². The molecule has 0 radical (unpaired) electrons. The lowest BCUT2D eigenvalue weighted by molar-refractivity contribution is -0.119. The largest absolute Gasteiger partial charge is 0.452 e. The molecular formula is C19H22N2O3S. The maximum Gasteiger partial charge on any atom is 0.340 e. The van der Waals surface area contributed by atoms with Gasteiger partial charge in [-0.1, -0.05) is 0 Å². The minimum absolute atomic E-state index is 0.295. The highest BCUT2D eigenvalue weighted by molar-refractivity contribution is 7.98. The van der Waals surface area contributed by atoms with Crippen molar-refractivity contribution in [1.29, 1.82) is 0 Å². The number of aromatic nitrogens is 1. The summed E-state index contributed by atoms with van der Waals surface area (Å²) < 4.78 is 7.37. The van der Waals surface area contributed by atoms with Crippen molar-refractivity contribution < 1.29 is 14.3 Å². The van der Waals surface area contributed by atoms with Gasteiger partial charge in [-0.15, -0.1) is 11.8 Å². The Bertz CT molecular complexity index is 792. The molecule has 0 aliphatic heterocycles. The first kappa shape index (κ1) is 17.6. The van der Waals surface area contributed by atoms with Crippen LogP contribution in [0.5, 0.6) is 0 Å². The molecule has 0 unspecified atom stereocenters. The van der Waals surface area contributed by atoms with E-state index in [1.807, 2.05) is 50.4 Å². The molecule has 1 N–H and O–H groups in total. The number of esters is 1. The van der Waals surface area contributed by atoms with Crippen LogP contribution < -0.4 is 5.32 Å². The molecule has 0 atom stereocenters. The normalized spacial score (nSPS) is 13.6. The first-order chi connectivity index (χ1) is 12.0. The Morgan fingerprint density at radius 1 is 1.24 bits per heavy atom. The van der Waals surface area contributed by atoms with E-state index in [4.69, 9.17) is 4.74 Å². The van der Waals surface area contributed by atoms with Crippen LogP contribution in [-0.4, -0.2) is 29.3 Å². The number of amides is 1. The van der Waals surface area contributed by atoms with E-state index < -0.39 is 5.97 Å². The summed E-state index contributed by atoms with van der Waals surface area (Å²) in [6, 6.07) is 9.87. The zero-order valence-electron chi connectivity index (χ0n) is 14.7. The van der Waals surface area contributed by atoms with E-state index in [1.54, 1.807) is 11.8 Å². The van der Waals surface area contributed by atoms with Gasteiger partial charge in [0.05, 0.1) is 5.56 Å². The number of carbonyl (C=O) groups is 2. The monoisotopic (exact) mass is 358 g/mol. The van der Waals surface area contributed by atoms with Gasteiger partial charge >= 0.3 is 5.97 Å². The second kappa shape index (κ2) is 7.35. The zero-order chi connectivity index (χ0) is 18.0. The van der Waals surface area contributed by atoms with Gasteiger partial charge in [-0.3, -0.25) is 4.79 Å². The third-order valence-corrected chi connectivity index (χ3v) is 5.07. The molecule has 1 aromatic heterocycles. The van der Waals surface area contributed by atoms with Crippen LogP contribution in [0.2, 0.25) is 0 Å². The quantitative estimate of drug-likeness (QED) is 0.627. The molecule has 1 fully saturated rings. The summed E-state index contributed by atoms with van der Waals surface area (Å²) in [6.07, 6.45) is 4.30. The van der Waals surface area contributed by atoms with E-state index in [0.29, 0.717) is 17.3 Å². The molecule has 0 saturated heterocycles. The minimum Gasteiger partial charge on any atom is -0.452 e. The van der Waals surface area contributed by atoms with Gasteiger partial charge in [-0.2, -0.15) is 0 Å². The van der Waals surface area contributed by atoms with Gasteiger partial charge in [0.15, 0.2) is 6.61 Å². The van der Waals surface area contributed by atoms with Crippen molar-refractivity contribution in [3.8, 4) is 0 Å². The highest BCUT2D eigenvalue weighted by Crippen LogP contribution is 2.38. The number of nitrogens with zero attached hydrogens (tertiary/aromatic N) is 1. The third kappa shape index (κ3) is 4.07. The lowest BCUT2D eigenvalue weighted by atomic mass is 10.2. The molecule has 3 rings (SSSR count). The van der Waals surface area contributed by atoms with Crippen molar-refractivity contribution in [2.24, 2.45) is 0 Å². The summed E-state index contributed by atoms with van der Waals surface area (Å²) in [7, 11) is 0. The molecule has 2 aromatic rings. The van der Waals surface area contributed by atoms with E-state index in [1.165, 1.54) is 0 Å². The standard InChI is InChI=1S/C19H22N2O3S/c1-12-10-17(13(2)21(12)15-6-7-15)19(23)24-11-18(22)20-14-4-8-16(25-3)9-5-14/h4-5,8-10,15H,6-7,11H2,1-3H3,(H,20,22). The van der Waals surface area contributed by atoms with Crippen molar-refractivity contribution >= 4 is 29.3 Å². The zero-order valence-corrected chi connectivity index (χ0v) is 15.5. The van der Waals surface area contributed by atoms with Gasteiger partial charge in [-0.25, -0.2) is 4.79 Å². The summed E-state index contributed by atoms with van der Waals surface area (Å²) in [6.45, 7) is 3.62. The average Bonchev–Trinajstić information content (AvgIpc) is 3.38. The van der Waals surface area contributed by atoms with Crippen LogP contribution in [0.3, 0.4) is 0 Å². The number of nitrogens with one attached hydrogen (secondary N) is 1. The predicted octanol–water partition coefficient (Wildman–Crippen LogP) is 3.96. The van der Waals surface area contributed by atoms with E-state index >= 15 is 0 Å². The number of benzene rings is 1. The Labute approximate surface area is 151 Å². The Balaban J connectivity index is 1.56. The molecule has 132 valence electrons. The Hall–Kier alpha value is -2.21. The summed E-state index contributed by atoms with van der Waals surface area (Å²) >= 11 is 1.63. The van der Waals surface area contributed by atoms with Crippen molar-refractivity contribution in [3.05, 3.63) is 47.3 Å². The topological polar surface area (TPSA) is 60.3 Å². The molecular weight excluding hydrogens is 336 g/mol. The number of anilines is 1. The molecule has 1 heterocycles. The van der Waals surface area contributed by atoms with Gasteiger partial charge in [0.25, 0.3) is 5.91 Å². The van der Waals surface area contributed by atoms with Crippen LogP contribution in [0.15, 0.2) is 35.2 Å². The molecule has 0 bridgehead atoms. The smallest absolute Gasteiger partial charge is 0.340 e. The van der Waals surface area contributed by atoms with Crippen LogP contribution in [-0.2, 0) is 9.53 Å². The fourth-order valence-electron chi connectivity index (χ4n) is 2.96. The third-order valence-electron chi connectivity index (χ3n) is 4.32. The second-order valence-electron chi connectivity index (χ2n) is 6.24. The summed E-state index contributed by atoms with van der Waals surface area (Å²) in [5, 5.41) is 2.73. The fourth-order valence-corrected chi connectivity index (χ4v) is 3.37. The summed E-state index contributed by atoms with van der Waals surface area (Å²) in [4.78, 5) is 25.4. The molecule has 5 nitrogen and oxygen atoms in total. The lowest BCUT2D eigenvalue weighted by Crippen LogP contribution is -2.21. The highest BCUT2D eigenvalue weighted by Gasteiger charge is 2.28. The maximum atomic E-state index is 12.3. The molecule has 1 amide bonds. The highest BCUT2D eigenvalue weighted by atomic mass is 32.2. The molecule has 1 aromatic carbocycles. The van der Waals surface area contributed by atoms with Crippen LogP contribution >= 0.6 is 11.8 Å². The number of thioether (sulfide) groups is 1. The van der Waals surface area contributed by atoms with Crippen molar-refractivity contribution in [3.63, 3.8) is 0 Å². The first-order valence-electron chi connectivity index (χ1n) is 8.29. The Kier molecular flexibility index (Phi) is 5.18. The van der Waals surface area contributed by atoms with Crippen molar-refractivity contribution in [2.75, 3.05) is 18.2 Å². The molecule has 1 aliphatic rings. The lowest BCUT2D eigenvalue weighted by Gasteiger charge is -2.08. The van der Waals surface area contributed by atoms with E-state index in [9.17, 15) is 9.59 Å². The number of rotatable bonds is 6. The van der Waals surface area contributed by atoms with Crippen molar-refractivity contribution in [2.45, 2.75) is 37.6 Å². The number of hydrogen-bond donors (Lipinski definition) is 1. The maximum absolute atomic E-state index is 12.3. The second-order valence-corrected chi connectivity index (χ2v) is 7.12. The van der Waals surface area contributed by atoms with Gasteiger partial charge in [-0.05, 0) is 63.3 Å². The molecule has 6 heteroatoms. The minimum atomic E-state index is -0.451. The molecule has 25 heavy (non-hydrogen) atoms. The Morgan fingerprint density at radius 2 is 1.92 bits per heavy atom. The number of hydrogen-bond acceptors (Lipinski definition) is 4. The van der Waals surface area contributed by atoms with Crippen molar-refractivity contribution in [1.82, 2.24) is 4.57 Å². The summed E-state index contributed by atoms with van der Waals surface area (Å²) in [5.41, 5.74) is 3.20. The van der Waals surface area contributed by atoms with Gasteiger partial charge in [0.1, 0.15) is 0 Å². The Morgan fingerprint density at radius 3 is 2.52 bits per heavy atom. The van der Waals surface area contributed by atoms with Gasteiger partial charge < -0.3 is 14.6 Å². The van der Waals surface area contributed by atoms with Crippen LogP contribution in [0.25, 0.3) is 0 Å². The molecule has 0 spiro atoms. The van der Waals surface area contributed by atoms with E-state index in [-0.39, 0.29) is 12.5 Å². The molecule has 1 saturated carbocycles. The first-order valence-corrected chi connectivity index (χ1v) is 9.51. The summed E-state index contributed by atoms with van der Waals surface area (Å²) in [5.74, 6) is -0.797. The number of ether oxygens (including phenoxy) is 1. The van der Waals surface area contributed by atoms with Crippen LogP contribution in [0, 0.1) is 13.8 Å². The predicted molar refractivity (Wildman–Crippen MR) is 99.3 cm³/mol. The molecule has 1 aliphatic carbocycles. The average molecular weight is 358 g/mol. The number of carbonyl (C=O) groups excluding carboxylic acids is 2.